The average molecular weight is 217 g/mol. The molecule has 0 radical (unpaired) electrons. The molecule has 1 aliphatic rings. The number of rotatable bonds is 2. The molecule has 3 nitrogen and oxygen atoms in total. The van der Waals surface area contributed by atoms with Crippen LogP contribution in [0.2, 0.25) is 0 Å². The number of fused-ring (bicyclic) bond motifs is 1. The fourth-order valence-electron chi connectivity index (χ4n) is 2.26. The fraction of sp³-hybridized carbons (Fsp3) is 0.462. The number of hydrogen-bond donors (Lipinski definition) is 0. The predicted molar refractivity (Wildman–Crippen MR) is 60.8 cm³/mol. The van der Waals surface area contributed by atoms with E-state index < -0.39 is 0 Å². The van der Waals surface area contributed by atoms with Gasteiger partial charge in [-0.3, -0.25) is 0 Å². The lowest BCUT2D eigenvalue weighted by Gasteiger charge is -2.22. The summed E-state index contributed by atoms with van der Waals surface area (Å²) in [7, 11) is 3.25. The van der Waals surface area contributed by atoms with Crippen LogP contribution in [0.1, 0.15) is 29.9 Å². The molecule has 0 fully saturated rings. The normalized spacial score (nSPS) is 18.4. The highest BCUT2D eigenvalue weighted by atomic mass is 16.5. The van der Waals surface area contributed by atoms with Crippen LogP contribution in [0.5, 0.6) is 11.5 Å². The minimum absolute atomic E-state index is 0.00329. The number of hydrogen-bond acceptors (Lipinski definition) is 3. The van der Waals surface area contributed by atoms with Gasteiger partial charge in [0.2, 0.25) is 0 Å². The standard InChI is InChI=1S/C13H15NO2/c1-15-12-6-9-4-3-5-10(8-14)11(9)7-13(12)16-2/h6-7,10H,3-5H2,1-2H3. The maximum atomic E-state index is 9.11. The summed E-state index contributed by atoms with van der Waals surface area (Å²) in [5, 5.41) is 9.11. The Morgan fingerprint density at radius 2 is 1.94 bits per heavy atom. The Hall–Kier alpha value is -1.69. The number of nitriles is 1. The minimum Gasteiger partial charge on any atom is -0.493 e. The molecule has 1 atom stereocenters. The first-order valence-electron chi connectivity index (χ1n) is 5.44. The van der Waals surface area contributed by atoms with Gasteiger partial charge >= 0.3 is 0 Å². The van der Waals surface area contributed by atoms with Gasteiger partial charge in [-0.1, -0.05) is 0 Å². The molecule has 0 saturated carbocycles. The van der Waals surface area contributed by atoms with E-state index in [-0.39, 0.29) is 5.92 Å². The van der Waals surface area contributed by atoms with Crippen LogP contribution < -0.4 is 9.47 Å². The van der Waals surface area contributed by atoms with E-state index in [1.165, 1.54) is 5.56 Å². The van der Waals surface area contributed by atoms with Crippen molar-refractivity contribution >= 4 is 0 Å². The van der Waals surface area contributed by atoms with Crippen LogP contribution in [0.25, 0.3) is 0 Å². The van der Waals surface area contributed by atoms with Crippen molar-refractivity contribution in [3.05, 3.63) is 23.3 Å². The van der Waals surface area contributed by atoms with Crippen LogP contribution in [-0.4, -0.2) is 14.2 Å². The molecule has 0 bridgehead atoms. The molecule has 0 spiro atoms. The van der Waals surface area contributed by atoms with Gasteiger partial charge in [-0.05, 0) is 42.5 Å². The Kier molecular flexibility index (Phi) is 3.00. The summed E-state index contributed by atoms with van der Waals surface area (Å²) in [6.45, 7) is 0. The van der Waals surface area contributed by atoms with E-state index in [4.69, 9.17) is 14.7 Å². The molecular formula is C13H15NO2. The minimum atomic E-state index is 0.00329. The lowest BCUT2D eigenvalue weighted by molar-refractivity contribution is 0.353. The topological polar surface area (TPSA) is 42.2 Å². The van der Waals surface area contributed by atoms with Gasteiger partial charge in [0.1, 0.15) is 0 Å². The van der Waals surface area contributed by atoms with Crippen molar-refractivity contribution < 1.29 is 9.47 Å². The highest BCUT2D eigenvalue weighted by Crippen LogP contribution is 2.38. The Bertz CT molecular complexity index is 434. The van der Waals surface area contributed by atoms with Gasteiger partial charge in [-0.25, -0.2) is 0 Å². The third-order valence-electron chi connectivity index (χ3n) is 3.12. The summed E-state index contributed by atoms with van der Waals surface area (Å²) in [4.78, 5) is 0. The molecule has 2 rings (SSSR count). The summed E-state index contributed by atoms with van der Waals surface area (Å²) in [6, 6.07) is 6.30. The van der Waals surface area contributed by atoms with E-state index in [1.54, 1.807) is 14.2 Å². The third kappa shape index (κ3) is 1.71. The molecule has 1 unspecified atom stereocenters. The number of methoxy groups -OCH3 is 2. The monoisotopic (exact) mass is 217 g/mol. The molecule has 16 heavy (non-hydrogen) atoms. The number of ether oxygens (including phenoxy) is 2. The second-order valence-electron chi connectivity index (χ2n) is 3.98. The third-order valence-corrected chi connectivity index (χ3v) is 3.12. The maximum Gasteiger partial charge on any atom is 0.161 e. The van der Waals surface area contributed by atoms with Gasteiger partial charge < -0.3 is 9.47 Å². The smallest absolute Gasteiger partial charge is 0.161 e. The predicted octanol–water partition coefficient (Wildman–Crippen LogP) is 2.65. The summed E-state index contributed by atoms with van der Waals surface area (Å²) in [5.74, 6) is 1.46. The first-order chi connectivity index (χ1) is 7.80. The zero-order valence-electron chi connectivity index (χ0n) is 9.62. The first kappa shape index (κ1) is 10.8. The van der Waals surface area contributed by atoms with E-state index in [2.05, 4.69) is 6.07 Å². The molecule has 1 aliphatic carbocycles. The first-order valence-corrected chi connectivity index (χ1v) is 5.44. The van der Waals surface area contributed by atoms with Crippen molar-refractivity contribution in [2.24, 2.45) is 0 Å². The van der Waals surface area contributed by atoms with E-state index in [9.17, 15) is 0 Å². The molecular weight excluding hydrogens is 202 g/mol. The molecule has 84 valence electrons. The van der Waals surface area contributed by atoms with Gasteiger partial charge in [0.25, 0.3) is 0 Å². The van der Waals surface area contributed by atoms with Gasteiger partial charge in [-0.2, -0.15) is 5.26 Å². The summed E-state index contributed by atoms with van der Waals surface area (Å²) < 4.78 is 10.5. The van der Waals surface area contributed by atoms with Crippen molar-refractivity contribution in [3.63, 3.8) is 0 Å². The molecule has 0 amide bonds. The van der Waals surface area contributed by atoms with Gasteiger partial charge in [0.05, 0.1) is 26.2 Å². The van der Waals surface area contributed by atoms with Gasteiger partial charge in [0.15, 0.2) is 11.5 Å². The van der Waals surface area contributed by atoms with Crippen LogP contribution in [0.15, 0.2) is 12.1 Å². The Morgan fingerprint density at radius 3 is 2.56 bits per heavy atom. The lowest BCUT2D eigenvalue weighted by atomic mass is 9.83. The van der Waals surface area contributed by atoms with Crippen molar-refractivity contribution in [1.82, 2.24) is 0 Å². The molecule has 0 N–H and O–H groups in total. The van der Waals surface area contributed by atoms with E-state index in [0.717, 1.165) is 30.6 Å². The lowest BCUT2D eigenvalue weighted by Crippen LogP contribution is -2.09. The van der Waals surface area contributed by atoms with Crippen molar-refractivity contribution in [2.75, 3.05) is 14.2 Å². The Labute approximate surface area is 95.6 Å². The van der Waals surface area contributed by atoms with E-state index in [1.807, 2.05) is 12.1 Å². The van der Waals surface area contributed by atoms with Gasteiger partial charge in [-0.15, -0.1) is 0 Å². The maximum absolute atomic E-state index is 9.11. The quantitative estimate of drug-likeness (QED) is 0.764. The van der Waals surface area contributed by atoms with Crippen LogP contribution in [0.3, 0.4) is 0 Å². The summed E-state index contributed by atoms with van der Waals surface area (Å²) in [6.07, 6.45) is 3.04. The Morgan fingerprint density at radius 1 is 1.25 bits per heavy atom. The van der Waals surface area contributed by atoms with E-state index in [0.29, 0.717) is 5.75 Å². The molecule has 0 heterocycles. The molecule has 1 aromatic rings. The molecule has 1 aromatic carbocycles. The molecule has 0 saturated heterocycles. The van der Waals surface area contributed by atoms with E-state index >= 15 is 0 Å². The second-order valence-corrected chi connectivity index (χ2v) is 3.98. The number of aryl methyl sites for hydroxylation is 1. The molecule has 0 aliphatic heterocycles. The highest BCUT2D eigenvalue weighted by Gasteiger charge is 2.22. The number of benzene rings is 1. The fourth-order valence-corrected chi connectivity index (χ4v) is 2.26. The SMILES string of the molecule is COc1cc2c(cc1OC)C(C#N)CCC2. The zero-order chi connectivity index (χ0) is 11.5. The summed E-state index contributed by atoms with van der Waals surface area (Å²) in [5.41, 5.74) is 2.32. The van der Waals surface area contributed by atoms with Gasteiger partial charge in [0, 0.05) is 0 Å². The Balaban J connectivity index is 2.51. The summed E-state index contributed by atoms with van der Waals surface area (Å²) >= 11 is 0. The van der Waals surface area contributed by atoms with Crippen LogP contribution in [-0.2, 0) is 6.42 Å². The van der Waals surface area contributed by atoms with Crippen LogP contribution in [0, 0.1) is 11.3 Å². The highest BCUT2D eigenvalue weighted by molar-refractivity contribution is 5.50. The number of nitrogens with zero attached hydrogens (tertiary/aromatic N) is 1. The molecule has 0 aromatic heterocycles. The average Bonchev–Trinajstić information content (AvgIpc) is 2.36. The van der Waals surface area contributed by atoms with Crippen molar-refractivity contribution in [3.8, 4) is 17.6 Å². The van der Waals surface area contributed by atoms with Crippen molar-refractivity contribution in [1.29, 1.82) is 5.26 Å². The van der Waals surface area contributed by atoms with Crippen LogP contribution in [0.4, 0.5) is 0 Å². The zero-order valence-corrected chi connectivity index (χ0v) is 9.62. The largest absolute Gasteiger partial charge is 0.493 e. The second kappa shape index (κ2) is 4.44. The molecule has 3 heteroatoms. The van der Waals surface area contributed by atoms with Crippen molar-refractivity contribution in [2.45, 2.75) is 25.2 Å². The van der Waals surface area contributed by atoms with Crippen LogP contribution >= 0.6 is 0 Å².